The number of likely N-dealkylation sites (tertiary alicyclic amines) is 1. The third-order valence-corrected chi connectivity index (χ3v) is 4.04. The van der Waals surface area contributed by atoms with Crippen LogP contribution in [0.1, 0.15) is 40.5 Å². The van der Waals surface area contributed by atoms with Crippen molar-refractivity contribution in [2.75, 3.05) is 20.3 Å². The van der Waals surface area contributed by atoms with E-state index >= 15 is 0 Å². The number of hydrogen-bond acceptors (Lipinski definition) is 5. The number of carbonyl (C=O) groups excluding carboxylic acids is 1. The lowest BCUT2D eigenvalue weighted by Gasteiger charge is -2.54. The van der Waals surface area contributed by atoms with Crippen LogP contribution < -0.4 is 11.1 Å². The molecule has 6 heteroatoms. The summed E-state index contributed by atoms with van der Waals surface area (Å²) >= 11 is 0. The van der Waals surface area contributed by atoms with E-state index in [4.69, 9.17) is 10.5 Å². The fraction of sp³-hybridized carbons (Fsp3) is 0.750. The van der Waals surface area contributed by atoms with Gasteiger partial charge < -0.3 is 20.7 Å². The van der Waals surface area contributed by atoms with Crippen LogP contribution in [0.2, 0.25) is 0 Å². The number of amides is 1. The fourth-order valence-corrected chi connectivity index (χ4v) is 3.35. The number of nitrogens with one attached hydrogen (secondary N) is 1. The molecule has 1 rings (SSSR count). The maximum Gasteiger partial charge on any atom is 0.263 e. The van der Waals surface area contributed by atoms with Crippen molar-refractivity contribution in [2.45, 2.75) is 57.7 Å². The van der Waals surface area contributed by atoms with Gasteiger partial charge in [0, 0.05) is 37.0 Å². The predicted octanol–water partition coefficient (Wildman–Crippen LogP) is 1.14. The summed E-state index contributed by atoms with van der Waals surface area (Å²) in [5, 5.41) is 12.0. The molecular formula is C16H28N4O2. The zero-order chi connectivity index (χ0) is 17.0. The summed E-state index contributed by atoms with van der Waals surface area (Å²) in [4.78, 5) is 14.2. The molecule has 0 saturated carbocycles. The van der Waals surface area contributed by atoms with Gasteiger partial charge in [0.25, 0.3) is 5.91 Å². The first kappa shape index (κ1) is 18.5. The molecule has 1 amide bonds. The molecule has 6 nitrogen and oxygen atoms in total. The summed E-state index contributed by atoms with van der Waals surface area (Å²) in [5.41, 5.74) is 5.83. The summed E-state index contributed by atoms with van der Waals surface area (Å²) in [6.07, 6.45) is 3.31. The van der Waals surface area contributed by atoms with Crippen molar-refractivity contribution >= 4 is 5.91 Å². The van der Waals surface area contributed by atoms with Crippen LogP contribution in [0, 0.1) is 11.3 Å². The van der Waals surface area contributed by atoms with Gasteiger partial charge in [-0.1, -0.05) is 0 Å². The maximum absolute atomic E-state index is 12.1. The Hall–Kier alpha value is -1.58. The lowest BCUT2D eigenvalue weighted by molar-refractivity contribution is -0.117. The zero-order valence-electron chi connectivity index (χ0n) is 14.3. The van der Waals surface area contributed by atoms with Crippen molar-refractivity contribution in [3.05, 3.63) is 11.8 Å². The van der Waals surface area contributed by atoms with E-state index in [1.54, 1.807) is 13.3 Å². The molecule has 0 aliphatic carbocycles. The molecule has 1 aliphatic rings. The van der Waals surface area contributed by atoms with E-state index in [2.05, 4.69) is 37.9 Å². The minimum absolute atomic E-state index is 0.104. The lowest BCUT2D eigenvalue weighted by atomic mass is 9.77. The molecule has 0 aromatic heterocycles. The largest absolute Gasteiger partial charge is 0.383 e. The molecule has 0 atom stereocenters. The number of piperidine rings is 1. The molecule has 0 unspecified atom stereocenters. The van der Waals surface area contributed by atoms with Crippen molar-refractivity contribution in [1.29, 1.82) is 5.26 Å². The molecule has 0 aromatic carbocycles. The van der Waals surface area contributed by atoms with E-state index in [0.29, 0.717) is 13.2 Å². The van der Waals surface area contributed by atoms with E-state index in [1.807, 2.05) is 6.07 Å². The first-order valence-electron chi connectivity index (χ1n) is 7.58. The number of rotatable bonds is 5. The first-order valence-corrected chi connectivity index (χ1v) is 7.58. The van der Waals surface area contributed by atoms with E-state index in [-0.39, 0.29) is 28.6 Å². The molecule has 1 heterocycles. The highest BCUT2D eigenvalue weighted by Crippen LogP contribution is 2.38. The Bertz CT molecular complexity index is 459. The van der Waals surface area contributed by atoms with Crippen molar-refractivity contribution in [2.24, 2.45) is 5.73 Å². The normalized spacial score (nSPS) is 21.3. The van der Waals surface area contributed by atoms with Gasteiger partial charge in [0.1, 0.15) is 11.6 Å². The molecule has 0 bridgehead atoms. The van der Waals surface area contributed by atoms with Gasteiger partial charge in [0.15, 0.2) is 0 Å². The molecule has 124 valence electrons. The van der Waals surface area contributed by atoms with E-state index in [0.717, 1.165) is 12.8 Å². The van der Waals surface area contributed by atoms with Gasteiger partial charge in [-0.2, -0.15) is 5.26 Å². The smallest absolute Gasteiger partial charge is 0.263 e. The molecule has 0 aromatic rings. The van der Waals surface area contributed by atoms with Crippen LogP contribution in [-0.2, 0) is 9.53 Å². The minimum Gasteiger partial charge on any atom is -0.383 e. The molecule has 0 spiro atoms. The Morgan fingerprint density at radius 2 is 1.95 bits per heavy atom. The van der Waals surface area contributed by atoms with Gasteiger partial charge in [-0.3, -0.25) is 4.79 Å². The number of nitrogens with two attached hydrogens (primary N) is 1. The second-order valence-corrected chi connectivity index (χ2v) is 7.07. The number of methoxy groups -OCH3 is 1. The number of nitrogens with zero attached hydrogens (tertiary/aromatic N) is 2. The summed E-state index contributed by atoms with van der Waals surface area (Å²) in [6.45, 7) is 9.14. The average molecular weight is 308 g/mol. The highest BCUT2D eigenvalue weighted by molar-refractivity contribution is 5.97. The van der Waals surface area contributed by atoms with Crippen LogP contribution in [0.4, 0.5) is 0 Å². The molecule has 1 saturated heterocycles. The number of carbonyl (C=O) groups is 1. The zero-order valence-corrected chi connectivity index (χ0v) is 14.3. The van der Waals surface area contributed by atoms with Gasteiger partial charge in [-0.25, -0.2) is 0 Å². The topological polar surface area (TPSA) is 91.4 Å². The van der Waals surface area contributed by atoms with E-state index in [9.17, 15) is 10.1 Å². The number of nitriles is 1. The second kappa shape index (κ2) is 7.12. The molecule has 3 N–H and O–H groups in total. The molecule has 0 radical (unpaired) electrons. The highest BCUT2D eigenvalue weighted by atomic mass is 16.5. The molecule has 1 fully saturated rings. The van der Waals surface area contributed by atoms with Gasteiger partial charge in [-0.15, -0.1) is 0 Å². The monoisotopic (exact) mass is 308 g/mol. The van der Waals surface area contributed by atoms with Crippen LogP contribution in [0.5, 0.6) is 0 Å². The quantitative estimate of drug-likeness (QED) is 0.451. The van der Waals surface area contributed by atoms with E-state index < -0.39 is 0 Å². The Morgan fingerprint density at radius 3 is 2.41 bits per heavy atom. The molecular weight excluding hydrogens is 280 g/mol. The second-order valence-electron chi connectivity index (χ2n) is 7.07. The van der Waals surface area contributed by atoms with Crippen molar-refractivity contribution in [3.8, 4) is 6.07 Å². The Labute approximate surface area is 133 Å². The summed E-state index contributed by atoms with van der Waals surface area (Å²) in [7, 11) is 1.56. The summed E-state index contributed by atoms with van der Waals surface area (Å²) < 4.78 is 4.89. The average Bonchev–Trinajstić information content (AvgIpc) is 2.36. The van der Waals surface area contributed by atoms with Crippen LogP contribution in [0.25, 0.3) is 0 Å². The maximum atomic E-state index is 12.1. The summed E-state index contributed by atoms with van der Waals surface area (Å²) in [6, 6.07) is 2.12. The van der Waals surface area contributed by atoms with Crippen molar-refractivity contribution in [3.63, 3.8) is 0 Å². The molecule has 1 aliphatic heterocycles. The lowest BCUT2D eigenvalue weighted by Crippen LogP contribution is -2.61. The standard InChI is InChI=1S/C16H28N4O2/c1-15(2)8-13(18)9-16(3,4)20(15)11-12(10-17)14(21)19-6-7-22-5/h11,13H,6-9,18H2,1-5H3,(H,19,21)/b12-11-. The Morgan fingerprint density at radius 1 is 1.41 bits per heavy atom. The third kappa shape index (κ3) is 4.46. The van der Waals surface area contributed by atoms with Gasteiger partial charge in [0.05, 0.1) is 6.61 Å². The van der Waals surface area contributed by atoms with Gasteiger partial charge in [-0.05, 0) is 40.5 Å². The first-order chi connectivity index (χ1) is 10.1. The third-order valence-electron chi connectivity index (χ3n) is 4.04. The fourth-order valence-electron chi connectivity index (χ4n) is 3.35. The molecule has 22 heavy (non-hydrogen) atoms. The van der Waals surface area contributed by atoms with Crippen molar-refractivity contribution in [1.82, 2.24) is 10.2 Å². The SMILES string of the molecule is COCCNC(=O)/C(C#N)=C\N1C(C)(C)CC(N)CC1(C)C. The summed E-state index contributed by atoms with van der Waals surface area (Å²) in [5.74, 6) is -0.374. The Balaban J connectivity index is 2.99. The van der Waals surface area contributed by atoms with Crippen molar-refractivity contribution < 1.29 is 9.53 Å². The number of ether oxygens (including phenoxy) is 1. The van der Waals surface area contributed by atoms with Crippen LogP contribution in [0.3, 0.4) is 0 Å². The van der Waals surface area contributed by atoms with Gasteiger partial charge >= 0.3 is 0 Å². The van der Waals surface area contributed by atoms with Crippen LogP contribution >= 0.6 is 0 Å². The number of hydrogen-bond donors (Lipinski definition) is 2. The highest BCUT2D eigenvalue weighted by Gasteiger charge is 2.43. The predicted molar refractivity (Wildman–Crippen MR) is 85.8 cm³/mol. The minimum atomic E-state index is -0.374. The Kier molecular flexibility index (Phi) is 5.98. The van der Waals surface area contributed by atoms with Crippen LogP contribution in [-0.4, -0.2) is 48.2 Å². The van der Waals surface area contributed by atoms with Gasteiger partial charge in [0.2, 0.25) is 0 Å². The van der Waals surface area contributed by atoms with Crippen LogP contribution in [0.15, 0.2) is 11.8 Å². The van der Waals surface area contributed by atoms with E-state index in [1.165, 1.54) is 0 Å².